The van der Waals surface area contributed by atoms with E-state index in [-0.39, 0.29) is 11.2 Å². The summed E-state index contributed by atoms with van der Waals surface area (Å²) in [5.41, 5.74) is 7.36. The number of ether oxygens (including phenoxy) is 1. The summed E-state index contributed by atoms with van der Waals surface area (Å²) < 4.78 is 5.39. The lowest BCUT2D eigenvalue weighted by atomic mass is 10.1. The number of hydrogen-bond acceptors (Lipinski definition) is 7. The zero-order chi connectivity index (χ0) is 20.0. The molecule has 4 rings (SSSR count). The molecule has 150 valence electrons. The van der Waals surface area contributed by atoms with Gasteiger partial charge in [-0.15, -0.1) is 0 Å². The van der Waals surface area contributed by atoms with Crippen molar-refractivity contribution in [3.8, 4) is 11.4 Å². The number of nitrogens with zero attached hydrogens (tertiary/aromatic N) is 3. The normalized spacial score (nSPS) is 17.3. The molecular weight excluding hydrogens is 374 g/mol. The Labute approximate surface area is 171 Å². The van der Waals surface area contributed by atoms with Crippen LogP contribution in [0.1, 0.15) is 25.5 Å². The molecule has 0 atom stereocenters. The van der Waals surface area contributed by atoms with Gasteiger partial charge in [0.2, 0.25) is 6.41 Å². The number of aromatic nitrogens is 2. The maximum Gasteiger partial charge on any atom is 0.204 e. The van der Waals surface area contributed by atoms with Crippen molar-refractivity contribution < 1.29 is 9.53 Å². The highest BCUT2D eigenvalue weighted by atomic mass is 32.1. The number of primary amides is 1. The Morgan fingerprint density at radius 2 is 1.89 bits per heavy atom. The number of morpholine rings is 1. The van der Waals surface area contributed by atoms with Gasteiger partial charge in [0.1, 0.15) is 5.82 Å². The molecule has 7 nitrogen and oxygen atoms in total. The topological polar surface area (TPSA) is 93.4 Å². The number of carbonyl (C=O) groups excluding carboxylic acids is 1. The minimum atomic E-state index is -0.0809. The van der Waals surface area contributed by atoms with Crippen molar-refractivity contribution >= 4 is 30.5 Å². The van der Waals surface area contributed by atoms with Crippen molar-refractivity contribution in [1.82, 2.24) is 9.97 Å². The van der Waals surface area contributed by atoms with Crippen LogP contribution in [0.2, 0.25) is 0 Å². The molecular formula is C20H27N5O2S. The van der Waals surface area contributed by atoms with Gasteiger partial charge in [0.15, 0.2) is 5.82 Å². The molecule has 3 N–H and O–H groups in total. The van der Waals surface area contributed by atoms with E-state index < -0.39 is 0 Å². The molecule has 1 saturated heterocycles. The first-order chi connectivity index (χ1) is 13.6. The predicted octanol–water partition coefficient (Wildman–Crippen LogP) is 2.43. The first kappa shape index (κ1) is 20.4. The smallest absolute Gasteiger partial charge is 0.204 e. The molecule has 1 aromatic heterocycles. The molecule has 0 unspecified atom stereocenters. The molecule has 2 aromatic rings. The lowest BCUT2D eigenvalue weighted by Gasteiger charge is -2.28. The van der Waals surface area contributed by atoms with Crippen LogP contribution in [0.3, 0.4) is 0 Å². The number of nitrogens with two attached hydrogens (primary N) is 1. The maximum atomic E-state index is 8.58. The van der Waals surface area contributed by atoms with Crippen LogP contribution in [-0.4, -0.2) is 49.2 Å². The van der Waals surface area contributed by atoms with Crippen LogP contribution < -0.4 is 16.0 Å². The molecule has 2 heterocycles. The van der Waals surface area contributed by atoms with Gasteiger partial charge in [0.25, 0.3) is 0 Å². The van der Waals surface area contributed by atoms with Gasteiger partial charge in [0.05, 0.1) is 23.7 Å². The third kappa shape index (κ3) is 4.94. The van der Waals surface area contributed by atoms with Crippen LogP contribution in [0.15, 0.2) is 30.3 Å². The number of anilines is 2. The summed E-state index contributed by atoms with van der Waals surface area (Å²) in [5, 5.41) is 3.32. The Hall–Kier alpha value is -2.32. The van der Waals surface area contributed by atoms with Gasteiger partial charge < -0.3 is 20.7 Å². The van der Waals surface area contributed by atoms with Crippen molar-refractivity contribution in [2.24, 2.45) is 5.73 Å². The number of thiol groups is 1. The molecule has 2 aliphatic rings. The summed E-state index contributed by atoms with van der Waals surface area (Å²) >= 11 is 4.83. The third-order valence-electron chi connectivity index (χ3n) is 4.77. The van der Waals surface area contributed by atoms with E-state index in [1.54, 1.807) is 0 Å². The van der Waals surface area contributed by atoms with E-state index in [1.807, 2.05) is 0 Å². The molecule has 1 amide bonds. The Morgan fingerprint density at radius 3 is 2.46 bits per heavy atom. The van der Waals surface area contributed by atoms with E-state index in [2.05, 4.69) is 53.2 Å². The maximum absolute atomic E-state index is 8.58. The van der Waals surface area contributed by atoms with Gasteiger partial charge in [-0.05, 0) is 44.0 Å². The van der Waals surface area contributed by atoms with Crippen LogP contribution in [0.5, 0.6) is 0 Å². The molecule has 1 saturated carbocycles. The second-order valence-corrected chi connectivity index (χ2v) is 7.67. The number of amides is 1. The highest BCUT2D eigenvalue weighted by molar-refractivity contribution is 7.81. The largest absolute Gasteiger partial charge is 0.385 e. The minimum Gasteiger partial charge on any atom is -0.385 e. The van der Waals surface area contributed by atoms with E-state index in [1.165, 1.54) is 0 Å². The number of carbonyl (C=O) groups is 1. The summed E-state index contributed by atoms with van der Waals surface area (Å²) in [4.78, 5) is 20.6. The standard InChI is InChI=1S/C19H24N4OS.CH3NO/c1-2-20-15-5-3-14(4-6-15)18-21-16(19(25)7-8-19)13-17(22-18)23-9-11-24-12-10-23;2-1-3/h3-6,13,20,25H,2,7-12H2,1H3;1H,(H2,2,3). The summed E-state index contributed by atoms with van der Waals surface area (Å²) in [7, 11) is 0. The molecule has 1 aromatic carbocycles. The Bertz CT molecular complexity index is 790. The van der Waals surface area contributed by atoms with E-state index in [4.69, 9.17) is 32.1 Å². The molecule has 0 spiro atoms. The van der Waals surface area contributed by atoms with Crippen LogP contribution in [0, 0.1) is 0 Å². The van der Waals surface area contributed by atoms with E-state index in [0.717, 1.165) is 74.3 Å². The van der Waals surface area contributed by atoms with Crippen LogP contribution in [0.25, 0.3) is 11.4 Å². The van der Waals surface area contributed by atoms with Crippen molar-refractivity contribution in [3.05, 3.63) is 36.0 Å². The zero-order valence-corrected chi connectivity index (χ0v) is 17.0. The van der Waals surface area contributed by atoms with Crippen molar-refractivity contribution in [3.63, 3.8) is 0 Å². The third-order valence-corrected chi connectivity index (χ3v) is 5.45. The average Bonchev–Trinajstić information content (AvgIpc) is 3.49. The summed E-state index contributed by atoms with van der Waals surface area (Å²) in [6, 6.07) is 10.4. The molecule has 0 bridgehead atoms. The summed E-state index contributed by atoms with van der Waals surface area (Å²) in [6.45, 7) is 6.24. The molecule has 0 radical (unpaired) electrons. The van der Waals surface area contributed by atoms with E-state index in [0.29, 0.717) is 0 Å². The summed E-state index contributed by atoms with van der Waals surface area (Å²) in [6.07, 6.45) is 2.41. The first-order valence-corrected chi connectivity index (χ1v) is 9.98. The quantitative estimate of drug-likeness (QED) is 0.526. The fourth-order valence-electron chi connectivity index (χ4n) is 3.07. The first-order valence-electron chi connectivity index (χ1n) is 9.54. The lowest BCUT2D eigenvalue weighted by Crippen LogP contribution is -2.37. The highest BCUT2D eigenvalue weighted by Gasteiger charge is 2.42. The number of nitrogens with one attached hydrogen (secondary N) is 1. The molecule has 1 aliphatic carbocycles. The van der Waals surface area contributed by atoms with Gasteiger partial charge in [-0.3, -0.25) is 4.79 Å². The monoisotopic (exact) mass is 401 g/mol. The van der Waals surface area contributed by atoms with Crippen molar-refractivity contribution in [2.45, 2.75) is 24.5 Å². The van der Waals surface area contributed by atoms with Crippen molar-refractivity contribution in [2.75, 3.05) is 43.1 Å². The fraction of sp³-hybridized carbons (Fsp3) is 0.450. The Morgan fingerprint density at radius 1 is 1.25 bits per heavy atom. The molecule has 1 aliphatic heterocycles. The average molecular weight is 402 g/mol. The SMILES string of the molecule is CCNc1ccc(-c2nc(N3CCOCC3)cc(C3(S)CC3)n2)cc1.NC=O. The fourth-order valence-corrected chi connectivity index (χ4v) is 3.30. The lowest BCUT2D eigenvalue weighted by molar-refractivity contribution is -0.106. The highest BCUT2D eigenvalue weighted by Crippen LogP contribution is 2.51. The van der Waals surface area contributed by atoms with Gasteiger partial charge in [-0.2, -0.15) is 12.6 Å². The molecule has 8 heteroatoms. The van der Waals surface area contributed by atoms with Gasteiger partial charge in [-0.25, -0.2) is 9.97 Å². The second-order valence-electron chi connectivity index (χ2n) is 6.81. The number of rotatable bonds is 5. The van der Waals surface area contributed by atoms with E-state index in [9.17, 15) is 0 Å². The second kappa shape index (κ2) is 9.25. The minimum absolute atomic E-state index is 0.0809. The van der Waals surface area contributed by atoms with Crippen LogP contribution >= 0.6 is 12.6 Å². The summed E-state index contributed by atoms with van der Waals surface area (Å²) in [5.74, 6) is 1.77. The van der Waals surface area contributed by atoms with Gasteiger partial charge in [0, 0.05) is 37.0 Å². The van der Waals surface area contributed by atoms with Crippen LogP contribution in [0.4, 0.5) is 11.5 Å². The van der Waals surface area contributed by atoms with Gasteiger partial charge >= 0.3 is 0 Å². The van der Waals surface area contributed by atoms with E-state index >= 15 is 0 Å². The number of benzene rings is 1. The Kier molecular flexibility index (Phi) is 6.74. The van der Waals surface area contributed by atoms with Crippen LogP contribution in [-0.2, 0) is 14.3 Å². The van der Waals surface area contributed by atoms with Gasteiger partial charge in [-0.1, -0.05) is 0 Å². The number of hydrogen-bond donors (Lipinski definition) is 3. The molecule has 2 fully saturated rings. The van der Waals surface area contributed by atoms with Crippen molar-refractivity contribution in [1.29, 1.82) is 0 Å². The zero-order valence-electron chi connectivity index (χ0n) is 16.1. The Balaban J connectivity index is 0.000000706. The molecule has 28 heavy (non-hydrogen) atoms. The predicted molar refractivity (Wildman–Crippen MR) is 115 cm³/mol.